The average Bonchev–Trinajstić information content (AvgIpc) is 2.53. The quantitative estimate of drug-likeness (QED) is 0.711. The number of hydrogen-bond donors (Lipinski definition) is 3. The van der Waals surface area contributed by atoms with Gasteiger partial charge in [0.2, 0.25) is 11.9 Å². The number of aromatic nitrogens is 2. The van der Waals surface area contributed by atoms with Crippen molar-refractivity contribution in [3.63, 3.8) is 0 Å². The van der Waals surface area contributed by atoms with Crippen molar-refractivity contribution in [2.75, 3.05) is 22.5 Å². The molecule has 0 saturated carbocycles. The van der Waals surface area contributed by atoms with Gasteiger partial charge in [0.15, 0.2) is 0 Å². The molecule has 7 nitrogen and oxygen atoms in total. The van der Waals surface area contributed by atoms with E-state index in [9.17, 15) is 9.59 Å². The lowest BCUT2D eigenvalue weighted by molar-refractivity contribution is -0.114. The van der Waals surface area contributed by atoms with Crippen LogP contribution in [0.2, 0.25) is 0 Å². The van der Waals surface area contributed by atoms with Gasteiger partial charge < -0.3 is 16.0 Å². The molecule has 0 bridgehead atoms. The number of carbonyl (C=O) groups is 2. The summed E-state index contributed by atoms with van der Waals surface area (Å²) in [6.45, 7) is 5.55. The zero-order chi connectivity index (χ0) is 16.7. The van der Waals surface area contributed by atoms with Crippen LogP contribution in [0, 0.1) is 0 Å². The van der Waals surface area contributed by atoms with Crippen molar-refractivity contribution >= 4 is 29.1 Å². The number of benzene rings is 1. The second-order valence-electron chi connectivity index (χ2n) is 4.68. The van der Waals surface area contributed by atoms with Crippen LogP contribution in [0.3, 0.4) is 0 Å². The first-order chi connectivity index (χ1) is 11.1. The fourth-order valence-electron chi connectivity index (χ4n) is 1.78. The van der Waals surface area contributed by atoms with E-state index in [1.54, 1.807) is 30.3 Å². The topological polar surface area (TPSA) is 96.0 Å². The summed E-state index contributed by atoms with van der Waals surface area (Å²) in [6.07, 6.45) is 4.56. The second-order valence-corrected chi connectivity index (χ2v) is 4.68. The van der Waals surface area contributed by atoms with E-state index in [1.807, 2.05) is 0 Å². The van der Waals surface area contributed by atoms with Crippen molar-refractivity contribution in [3.05, 3.63) is 54.9 Å². The highest BCUT2D eigenvalue weighted by Crippen LogP contribution is 2.16. The summed E-state index contributed by atoms with van der Waals surface area (Å²) in [6, 6.07) is 6.87. The van der Waals surface area contributed by atoms with Gasteiger partial charge in [0, 0.05) is 37.2 Å². The highest BCUT2D eigenvalue weighted by Gasteiger charge is 2.08. The molecule has 2 aromatic rings. The predicted molar refractivity (Wildman–Crippen MR) is 89.4 cm³/mol. The normalized spacial score (nSPS) is 9.78. The Hall–Kier alpha value is -3.22. The first kappa shape index (κ1) is 16.2. The Morgan fingerprint density at radius 3 is 2.43 bits per heavy atom. The Morgan fingerprint density at radius 1 is 1.17 bits per heavy atom. The van der Waals surface area contributed by atoms with Crippen LogP contribution in [-0.4, -0.2) is 28.3 Å². The molecule has 0 aliphatic heterocycles. The van der Waals surface area contributed by atoms with E-state index in [0.29, 0.717) is 29.4 Å². The van der Waals surface area contributed by atoms with Gasteiger partial charge in [-0.05, 0) is 18.2 Å². The van der Waals surface area contributed by atoms with Gasteiger partial charge in [-0.2, -0.15) is 0 Å². The standard InChI is InChI=1S/C16H17N5O2/c1-3-7-17-16-18-9-12(10-19-16)15(23)21-14-6-4-5-13(8-14)20-11(2)22/h3-6,8-10H,1,7H2,2H3,(H,20,22)(H,21,23)(H,17,18,19). The Bertz CT molecular complexity index is 713. The van der Waals surface area contributed by atoms with Gasteiger partial charge >= 0.3 is 0 Å². The molecule has 2 rings (SSSR count). The molecule has 0 unspecified atom stereocenters. The smallest absolute Gasteiger partial charge is 0.258 e. The number of anilines is 3. The minimum absolute atomic E-state index is 0.176. The van der Waals surface area contributed by atoms with Crippen LogP contribution in [0.4, 0.5) is 17.3 Å². The summed E-state index contributed by atoms with van der Waals surface area (Å²) >= 11 is 0. The summed E-state index contributed by atoms with van der Waals surface area (Å²) in [5.41, 5.74) is 1.50. The lowest BCUT2D eigenvalue weighted by Crippen LogP contribution is -2.14. The highest BCUT2D eigenvalue weighted by molar-refractivity contribution is 6.04. The zero-order valence-corrected chi connectivity index (χ0v) is 12.7. The molecule has 1 aromatic carbocycles. The Kier molecular flexibility index (Phi) is 5.40. The van der Waals surface area contributed by atoms with Crippen LogP contribution in [0.1, 0.15) is 17.3 Å². The van der Waals surface area contributed by atoms with E-state index in [0.717, 1.165) is 0 Å². The van der Waals surface area contributed by atoms with Crippen LogP contribution in [0.25, 0.3) is 0 Å². The molecular weight excluding hydrogens is 294 g/mol. The van der Waals surface area contributed by atoms with Gasteiger partial charge in [0.25, 0.3) is 5.91 Å². The van der Waals surface area contributed by atoms with Crippen LogP contribution in [0.15, 0.2) is 49.3 Å². The summed E-state index contributed by atoms with van der Waals surface area (Å²) in [5, 5.41) is 8.31. The molecule has 1 heterocycles. The van der Waals surface area contributed by atoms with E-state index < -0.39 is 0 Å². The molecular formula is C16H17N5O2. The molecule has 0 atom stereocenters. The van der Waals surface area contributed by atoms with Crippen LogP contribution in [-0.2, 0) is 4.79 Å². The largest absolute Gasteiger partial charge is 0.351 e. The monoisotopic (exact) mass is 311 g/mol. The van der Waals surface area contributed by atoms with Gasteiger partial charge in [-0.3, -0.25) is 9.59 Å². The fourth-order valence-corrected chi connectivity index (χ4v) is 1.78. The maximum Gasteiger partial charge on any atom is 0.258 e. The average molecular weight is 311 g/mol. The van der Waals surface area contributed by atoms with Crippen molar-refractivity contribution in [2.24, 2.45) is 0 Å². The maximum absolute atomic E-state index is 12.2. The molecule has 2 amide bonds. The number of carbonyl (C=O) groups excluding carboxylic acids is 2. The molecule has 0 saturated heterocycles. The molecule has 0 spiro atoms. The Labute approximate surface area is 133 Å². The molecule has 0 fully saturated rings. The summed E-state index contributed by atoms with van der Waals surface area (Å²) < 4.78 is 0. The molecule has 0 aliphatic carbocycles. The SMILES string of the molecule is C=CCNc1ncc(C(=O)Nc2cccc(NC(C)=O)c2)cn1. The van der Waals surface area contributed by atoms with Gasteiger partial charge in [-0.15, -0.1) is 6.58 Å². The molecule has 118 valence electrons. The molecule has 0 aliphatic rings. The van der Waals surface area contributed by atoms with Crippen molar-refractivity contribution in [1.29, 1.82) is 0 Å². The van der Waals surface area contributed by atoms with E-state index in [4.69, 9.17) is 0 Å². The molecule has 1 aromatic heterocycles. The maximum atomic E-state index is 12.2. The summed E-state index contributed by atoms with van der Waals surface area (Å²) in [5.74, 6) is -0.0844. The molecule has 3 N–H and O–H groups in total. The van der Waals surface area contributed by atoms with Crippen LogP contribution in [0.5, 0.6) is 0 Å². The van der Waals surface area contributed by atoms with Crippen molar-refractivity contribution in [1.82, 2.24) is 9.97 Å². The third-order valence-electron chi connectivity index (χ3n) is 2.76. The lowest BCUT2D eigenvalue weighted by atomic mass is 10.2. The first-order valence-electron chi connectivity index (χ1n) is 6.94. The van der Waals surface area contributed by atoms with Crippen molar-refractivity contribution in [2.45, 2.75) is 6.92 Å². The van der Waals surface area contributed by atoms with Crippen molar-refractivity contribution < 1.29 is 9.59 Å². The molecule has 0 radical (unpaired) electrons. The number of nitrogens with zero attached hydrogens (tertiary/aromatic N) is 2. The van der Waals surface area contributed by atoms with Gasteiger partial charge in [-0.1, -0.05) is 12.1 Å². The number of amides is 2. The van der Waals surface area contributed by atoms with E-state index in [1.165, 1.54) is 19.3 Å². The Morgan fingerprint density at radius 2 is 1.83 bits per heavy atom. The van der Waals surface area contributed by atoms with E-state index in [2.05, 4.69) is 32.5 Å². The number of hydrogen-bond acceptors (Lipinski definition) is 5. The number of rotatable bonds is 6. The van der Waals surface area contributed by atoms with E-state index in [-0.39, 0.29) is 11.8 Å². The molecule has 7 heteroatoms. The summed E-state index contributed by atoms with van der Waals surface area (Å²) in [7, 11) is 0. The first-order valence-corrected chi connectivity index (χ1v) is 6.94. The third-order valence-corrected chi connectivity index (χ3v) is 2.76. The summed E-state index contributed by atoms with van der Waals surface area (Å²) in [4.78, 5) is 31.3. The van der Waals surface area contributed by atoms with Gasteiger partial charge in [0.05, 0.1) is 5.56 Å². The van der Waals surface area contributed by atoms with Crippen molar-refractivity contribution in [3.8, 4) is 0 Å². The predicted octanol–water partition coefficient (Wildman–Crippen LogP) is 2.29. The minimum atomic E-state index is -0.333. The molecule has 23 heavy (non-hydrogen) atoms. The fraction of sp³-hybridized carbons (Fsp3) is 0.125. The third kappa shape index (κ3) is 4.92. The van der Waals surface area contributed by atoms with Gasteiger partial charge in [-0.25, -0.2) is 9.97 Å². The zero-order valence-electron chi connectivity index (χ0n) is 12.7. The Balaban J connectivity index is 2.03. The van der Waals surface area contributed by atoms with Gasteiger partial charge in [0.1, 0.15) is 0 Å². The van der Waals surface area contributed by atoms with E-state index >= 15 is 0 Å². The lowest BCUT2D eigenvalue weighted by Gasteiger charge is -2.08. The minimum Gasteiger partial charge on any atom is -0.351 e. The van der Waals surface area contributed by atoms with Crippen LogP contribution >= 0.6 is 0 Å². The highest BCUT2D eigenvalue weighted by atomic mass is 16.2. The van der Waals surface area contributed by atoms with Crippen LogP contribution < -0.4 is 16.0 Å². The number of nitrogens with one attached hydrogen (secondary N) is 3. The second kappa shape index (κ2) is 7.69.